The number of hydrogen-bond acceptors (Lipinski definition) is 4. The number of carbonyl (C=O) groups is 1. The summed E-state index contributed by atoms with van der Waals surface area (Å²) in [5, 5.41) is 3.18. The largest absolute Gasteiger partial charge is 0.495 e. The Morgan fingerprint density at radius 1 is 1.45 bits per heavy atom. The van der Waals surface area contributed by atoms with E-state index < -0.39 is 0 Å². The summed E-state index contributed by atoms with van der Waals surface area (Å²) in [4.78, 5) is 16.6. The van der Waals surface area contributed by atoms with Crippen molar-refractivity contribution in [1.82, 2.24) is 9.80 Å². The molecule has 1 aliphatic heterocycles. The zero-order chi connectivity index (χ0) is 15.9. The second kappa shape index (κ2) is 8.03. The van der Waals surface area contributed by atoms with E-state index in [0.29, 0.717) is 12.5 Å². The first-order valence-corrected chi connectivity index (χ1v) is 7.97. The standard InChI is InChI=1S/C17H27N3O2/c1-4-19(2)12-14-9-10-20(13-14)17(21)11-18-15-7-5-6-8-16(15)22-3/h5-8,14,18H,4,9-13H2,1-3H3. The average molecular weight is 305 g/mol. The predicted octanol–water partition coefficient (Wildman–Crippen LogP) is 1.91. The molecule has 1 N–H and O–H groups in total. The lowest BCUT2D eigenvalue weighted by Gasteiger charge is -2.20. The van der Waals surface area contributed by atoms with Crippen molar-refractivity contribution < 1.29 is 9.53 Å². The third kappa shape index (κ3) is 4.37. The van der Waals surface area contributed by atoms with Gasteiger partial charge < -0.3 is 19.9 Å². The fourth-order valence-corrected chi connectivity index (χ4v) is 2.85. The number of amides is 1. The fraction of sp³-hybridized carbons (Fsp3) is 0.588. The van der Waals surface area contributed by atoms with E-state index >= 15 is 0 Å². The second-order valence-electron chi connectivity index (χ2n) is 5.90. The van der Waals surface area contributed by atoms with Crippen molar-refractivity contribution in [2.24, 2.45) is 5.92 Å². The molecule has 1 saturated heterocycles. The average Bonchev–Trinajstić information content (AvgIpc) is 3.01. The molecular weight excluding hydrogens is 278 g/mol. The molecule has 0 spiro atoms. The van der Waals surface area contributed by atoms with Crippen LogP contribution < -0.4 is 10.1 Å². The Morgan fingerprint density at radius 3 is 2.95 bits per heavy atom. The molecule has 5 heteroatoms. The first kappa shape index (κ1) is 16.6. The van der Waals surface area contributed by atoms with E-state index in [9.17, 15) is 4.79 Å². The number of anilines is 1. The molecular formula is C17H27N3O2. The molecule has 1 heterocycles. The molecule has 2 rings (SSSR count). The molecule has 1 amide bonds. The van der Waals surface area contributed by atoms with Gasteiger partial charge in [-0.05, 0) is 38.1 Å². The highest BCUT2D eigenvalue weighted by atomic mass is 16.5. The summed E-state index contributed by atoms with van der Waals surface area (Å²) in [5.74, 6) is 1.52. The van der Waals surface area contributed by atoms with Gasteiger partial charge in [-0.2, -0.15) is 0 Å². The van der Waals surface area contributed by atoms with Crippen LogP contribution in [0.15, 0.2) is 24.3 Å². The quantitative estimate of drug-likeness (QED) is 0.836. The number of hydrogen-bond donors (Lipinski definition) is 1. The fourth-order valence-electron chi connectivity index (χ4n) is 2.85. The molecule has 0 saturated carbocycles. The molecule has 122 valence electrons. The summed E-state index contributed by atoms with van der Waals surface area (Å²) in [6.07, 6.45) is 1.10. The highest BCUT2D eigenvalue weighted by molar-refractivity contribution is 5.81. The van der Waals surface area contributed by atoms with E-state index in [4.69, 9.17) is 4.74 Å². The Labute approximate surface area is 133 Å². The summed E-state index contributed by atoms with van der Waals surface area (Å²) in [7, 11) is 3.77. The molecule has 1 atom stereocenters. The van der Waals surface area contributed by atoms with Crippen molar-refractivity contribution in [1.29, 1.82) is 0 Å². The minimum absolute atomic E-state index is 0.160. The summed E-state index contributed by atoms with van der Waals surface area (Å²) in [6.45, 7) is 6.34. The monoisotopic (exact) mass is 305 g/mol. The van der Waals surface area contributed by atoms with Gasteiger partial charge in [0.2, 0.25) is 5.91 Å². The van der Waals surface area contributed by atoms with Gasteiger partial charge in [0.1, 0.15) is 5.75 Å². The molecule has 1 aliphatic rings. The lowest BCUT2D eigenvalue weighted by molar-refractivity contribution is -0.128. The number of para-hydroxylation sites is 2. The van der Waals surface area contributed by atoms with Gasteiger partial charge in [-0.1, -0.05) is 19.1 Å². The molecule has 1 fully saturated rings. The van der Waals surface area contributed by atoms with Gasteiger partial charge in [0.25, 0.3) is 0 Å². The predicted molar refractivity (Wildman–Crippen MR) is 89.3 cm³/mol. The van der Waals surface area contributed by atoms with Crippen LogP contribution in [0.3, 0.4) is 0 Å². The SMILES string of the molecule is CCN(C)CC1CCN(C(=O)CNc2ccccc2OC)C1. The van der Waals surface area contributed by atoms with Crippen LogP contribution in [0.25, 0.3) is 0 Å². The molecule has 0 aliphatic carbocycles. The number of nitrogens with zero attached hydrogens (tertiary/aromatic N) is 2. The summed E-state index contributed by atoms with van der Waals surface area (Å²) in [5.41, 5.74) is 0.861. The van der Waals surface area contributed by atoms with Gasteiger partial charge in [0.05, 0.1) is 19.3 Å². The van der Waals surface area contributed by atoms with Crippen molar-refractivity contribution in [3.63, 3.8) is 0 Å². The van der Waals surface area contributed by atoms with E-state index in [2.05, 4.69) is 24.2 Å². The third-order valence-corrected chi connectivity index (χ3v) is 4.29. The molecule has 1 unspecified atom stereocenters. The summed E-state index contributed by atoms with van der Waals surface area (Å²) in [6, 6.07) is 7.66. The van der Waals surface area contributed by atoms with E-state index in [0.717, 1.165) is 44.0 Å². The van der Waals surface area contributed by atoms with Crippen molar-refractivity contribution >= 4 is 11.6 Å². The summed E-state index contributed by atoms with van der Waals surface area (Å²) < 4.78 is 5.28. The lowest BCUT2D eigenvalue weighted by atomic mass is 10.1. The number of likely N-dealkylation sites (tertiary alicyclic amines) is 1. The van der Waals surface area contributed by atoms with Gasteiger partial charge in [-0.15, -0.1) is 0 Å². The zero-order valence-electron chi connectivity index (χ0n) is 13.8. The van der Waals surface area contributed by atoms with Crippen LogP contribution >= 0.6 is 0 Å². The second-order valence-corrected chi connectivity index (χ2v) is 5.90. The first-order chi connectivity index (χ1) is 10.6. The minimum Gasteiger partial charge on any atom is -0.495 e. The minimum atomic E-state index is 0.160. The van der Waals surface area contributed by atoms with Gasteiger partial charge >= 0.3 is 0 Å². The van der Waals surface area contributed by atoms with Gasteiger partial charge in [0, 0.05) is 19.6 Å². The zero-order valence-corrected chi connectivity index (χ0v) is 13.8. The van der Waals surface area contributed by atoms with E-state index in [1.165, 1.54) is 0 Å². The summed E-state index contributed by atoms with van der Waals surface area (Å²) >= 11 is 0. The number of benzene rings is 1. The molecule has 1 aromatic carbocycles. The maximum absolute atomic E-state index is 12.3. The van der Waals surface area contributed by atoms with Crippen LogP contribution in [-0.4, -0.2) is 62.6 Å². The number of rotatable bonds is 7. The van der Waals surface area contributed by atoms with E-state index in [1.807, 2.05) is 29.2 Å². The smallest absolute Gasteiger partial charge is 0.241 e. The van der Waals surface area contributed by atoms with Gasteiger partial charge in [-0.3, -0.25) is 4.79 Å². The molecule has 1 aromatic rings. The number of ether oxygens (including phenoxy) is 1. The van der Waals surface area contributed by atoms with Crippen LogP contribution in [-0.2, 0) is 4.79 Å². The van der Waals surface area contributed by atoms with Crippen LogP contribution in [0.5, 0.6) is 5.75 Å². The normalized spacial score (nSPS) is 17.8. The van der Waals surface area contributed by atoms with Crippen LogP contribution in [0, 0.1) is 5.92 Å². The highest BCUT2D eigenvalue weighted by Gasteiger charge is 2.26. The topological polar surface area (TPSA) is 44.8 Å². The van der Waals surface area contributed by atoms with Crippen molar-refractivity contribution in [2.45, 2.75) is 13.3 Å². The molecule has 5 nitrogen and oxygen atoms in total. The van der Waals surface area contributed by atoms with E-state index in [1.54, 1.807) is 7.11 Å². The molecule has 0 radical (unpaired) electrons. The molecule has 0 bridgehead atoms. The maximum Gasteiger partial charge on any atom is 0.241 e. The highest BCUT2D eigenvalue weighted by Crippen LogP contribution is 2.23. The Hall–Kier alpha value is -1.75. The van der Waals surface area contributed by atoms with Gasteiger partial charge in [0.15, 0.2) is 0 Å². The Bertz CT molecular complexity index is 493. The maximum atomic E-state index is 12.3. The Kier molecular flexibility index (Phi) is 6.07. The third-order valence-electron chi connectivity index (χ3n) is 4.29. The first-order valence-electron chi connectivity index (χ1n) is 7.97. The van der Waals surface area contributed by atoms with Crippen molar-refractivity contribution in [3.05, 3.63) is 24.3 Å². The number of nitrogens with one attached hydrogen (secondary N) is 1. The molecule has 0 aromatic heterocycles. The van der Waals surface area contributed by atoms with Crippen LogP contribution in [0.2, 0.25) is 0 Å². The Morgan fingerprint density at radius 2 is 2.23 bits per heavy atom. The van der Waals surface area contributed by atoms with Crippen LogP contribution in [0.1, 0.15) is 13.3 Å². The van der Waals surface area contributed by atoms with Crippen LogP contribution in [0.4, 0.5) is 5.69 Å². The number of carbonyl (C=O) groups excluding carboxylic acids is 1. The van der Waals surface area contributed by atoms with Gasteiger partial charge in [-0.25, -0.2) is 0 Å². The Balaban J connectivity index is 1.81. The molecule has 22 heavy (non-hydrogen) atoms. The van der Waals surface area contributed by atoms with Crippen molar-refractivity contribution in [3.8, 4) is 5.75 Å². The van der Waals surface area contributed by atoms with E-state index in [-0.39, 0.29) is 5.91 Å². The van der Waals surface area contributed by atoms with Crippen molar-refractivity contribution in [2.75, 3.05) is 52.2 Å². The lowest BCUT2D eigenvalue weighted by Crippen LogP contribution is -2.35. The number of methoxy groups -OCH3 is 1.